The molecule has 0 bridgehead atoms. The maximum absolute atomic E-state index is 5.04. The molecule has 0 aliphatic rings. The zero-order valence-corrected chi connectivity index (χ0v) is 5.11. The lowest BCUT2D eigenvalue weighted by atomic mass is 10.6. The van der Waals surface area contributed by atoms with Gasteiger partial charge < -0.3 is 10.5 Å². The first-order valence-electron chi connectivity index (χ1n) is 1.90. The SMILES string of the molecule is COC/C(S)=C/N. The second-order valence-corrected chi connectivity index (χ2v) is 1.67. The summed E-state index contributed by atoms with van der Waals surface area (Å²) in [6.45, 7) is 0.500. The molecule has 0 unspecified atom stereocenters. The van der Waals surface area contributed by atoms with Crippen LogP contribution >= 0.6 is 12.6 Å². The molecule has 0 fully saturated rings. The standard InChI is InChI=1S/C4H9NOS/c1-6-3-4(7)2-5/h2,7H,3,5H2,1H3/b4-2-. The Bertz CT molecular complexity index is 72.1. The summed E-state index contributed by atoms with van der Waals surface area (Å²) >= 11 is 3.92. The van der Waals surface area contributed by atoms with Crippen molar-refractivity contribution < 1.29 is 4.74 Å². The van der Waals surface area contributed by atoms with Crippen LogP contribution in [0.1, 0.15) is 0 Å². The number of methoxy groups -OCH3 is 1. The Labute approximate surface area is 48.8 Å². The second kappa shape index (κ2) is 4.02. The summed E-state index contributed by atoms with van der Waals surface area (Å²) in [5.41, 5.74) is 5.04. The lowest BCUT2D eigenvalue weighted by Gasteiger charge is -1.92. The van der Waals surface area contributed by atoms with Crippen LogP contribution in [0.15, 0.2) is 11.1 Å². The van der Waals surface area contributed by atoms with Crippen molar-refractivity contribution in [2.75, 3.05) is 13.7 Å². The fraction of sp³-hybridized carbons (Fsp3) is 0.500. The van der Waals surface area contributed by atoms with E-state index in [1.807, 2.05) is 0 Å². The molecule has 0 heterocycles. The van der Waals surface area contributed by atoms with E-state index in [1.54, 1.807) is 7.11 Å². The summed E-state index contributed by atoms with van der Waals surface area (Å²) in [5.74, 6) is 0. The largest absolute Gasteiger partial charge is 0.404 e. The minimum atomic E-state index is 0.500. The Balaban J connectivity index is 3.17. The molecule has 0 aromatic carbocycles. The maximum atomic E-state index is 5.04. The Morgan fingerprint density at radius 1 is 2.00 bits per heavy atom. The van der Waals surface area contributed by atoms with Gasteiger partial charge in [0.2, 0.25) is 0 Å². The molecule has 0 saturated heterocycles. The topological polar surface area (TPSA) is 35.2 Å². The Morgan fingerprint density at radius 3 is 2.71 bits per heavy atom. The van der Waals surface area contributed by atoms with Crippen LogP contribution < -0.4 is 5.73 Å². The van der Waals surface area contributed by atoms with Gasteiger partial charge >= 0.3 is 0 Å². The van der Waals surface area contributed by atoms with Gasteiger partial charge in [0.15, 0.2) is 0 Å². The quantitative estimate of drug-likeness (QED) is 0.515. The van der Waals surface area contributed by atoms with Crippen LogP contribution in [0, 0.1) is 0 Å². The minimum Gasteiger partial charge on any atom is -0.404 e. The highest BCUT2D eigenvalue weighted by atomic mass is 32.1. The molecule has 0 amide bonds. The number of hydrogen-bond donors (Lipinski definition) is 2. The van der Waals surface area contributed by atoms with Crippen molar-refractivity contribution in [1.29, 1.82) is 0 Å². The predicted octanol–water partition coefficient (Wildman–Crippen LogP) is 0.363. The average Bonchev–Trinajstić information content (AvgIpc) is 1.68. The molecule has 0 aromatic heterocycles. The van der Waals surface area contributed by atoms with Crippen LogP contribution in [0.3, 0.4) is 0 Å². The number of nitrogens with two attached hydrogens (primary N) is 1. The smallest absolute Gasteiger partial charge is 0.0783 e. The van der Waals surface area contributed by atoms with Crippen molar-refractivity contribution in [3.8, 4) is 0 Å². The van der Waals surface area contributed by atoms with E-state index < -0.39 is 0 Å². The van der Waals surface area contributed by atoms with Gasteiger partial charge in [0.05, 0.1) is 6.61 Å². The Morgan fingerprint density at radius 2 is 2.57 bits per heavy atom. The number of hydrogen-bond acceptors (Lipinski definition) is 3. The highest BCUT2D eigenvalue weighted by Crippen LogP contribution is 1.94. The number of rotatable bonds is 2. The summed E-state index contributed by atoms with van der Waals surface area (Å²) in [6, 6.07) is 0. The average molecular weight is 119 g/mol. The number of ether oxygens (including phenoxy) is 1. The second-order valence-electron chi connectivity index (χ2n) is 1.09. The molecule has 7 heavy (non-hydrogen) atoms. The molecule has 0 rings (SSSR count). The van der Waals surface area contributed by atoms with E-state index in [9.17, 15) is 0 Å². The zero-order chi connectivity index (χ0) is 5.70. The van der Waals surface area contributed by atoms with Crippen LogP contribution in [0.4, 0.5) is 0 Å². The molecule has 0 saturated carbocycles. The van der Waals surface area contributed by atoms with Gasteiger partial charge in [0, 0.05) is 18.2 Å². The first-order chi connectivity index (χ1) is 3.31. The lowest BCUT2D eigenvalue weighted by molar-refractivity contribution is 0.231. The van der Waals surface area contributed by atoms with E-state index in [0.717, 1.165) is 4.91 Å². The van der Waals surface area contributed by atoms with E-state index in [2.05, 4.69) is 17.4 Å². The first kappa shape index (κ1) is 6.85. The van der Waals surface area contributed by atoms with Gasteiger partial charge in [0.25, 0.3) is 0 Å². The highest BCUT2D eigenvalue weighted by molar-refractivity contribution is 7.84. The van der Waals surface area contributed by atoms with Crippen molar-refractivity contribution in [2.45, 2.75) is 0 Å². The molecule has 2 N–H and O–H groups in total. The first-order valence-corrected chi connectivity index (χ1v) is 2.34. The third-order valence-corrected chi connectivity index (χ3v) is 0.763. The molecule has 0 radical (unpaired) electrons. The molecule has 0 aliphatic carbocycles. The minimum absolute atomic E-state index is 0.500. The van der Waals surface area contributed by atoms with Crippen molar-refractivity contribution >= 4 is 12.6 Å². The lowest BCUT2D eigenvalue weighted by Crippen LogP contribution is -1.90. The third-order valence-electron chi connectivity index (χ3n) is 0.485. The van der Waals surface area contributed by atoms with Crippen LogP contribution in [-0.4, -0.2) is 13.7 Å². The van der Waals surface area contributed by atoms with Crippen LogP contribution in [0.25, 0.3) is 0 Å². The van der Waals surface area contributed by atoms with Crippen molar-refractivity contribution in [3.63, 3.8) is 0 Å². The molecule has 0 aliphatic heterocycles. The summed E-state index contributed by atoms with van der Waals surface area (Å²) < 4.78 is 4.67. The molecular weight excluding hydrogens is 110 g/mol. The van der Waals surface area contributed by atoms with E-state index in [-0.39, 0.29) is 0 Å². The highest BCUT2D eigenvalue weighted by Gasteiger charge is 1.81. The van der Waals surface area contributed by atoms with E-state index in [0.29, 0.717) is 6.61 Å². The fourth-order valence-electron chi connectivity index (χ4n) is 0.196. The van der Waals surface area contributed by atoms with Gasteiger partial charge in [-0.25, -0.2) is 0 Å². The van der Waals surface area contributed by atoms with Gasteiger partial charge in [-0.1, -0.05) is 0 Å². The molecule has 3 heteroatoms. The van der Waals surface area contributed by atoms with Crippen LogP contribution in [0.5, 0.6) is 0 Å². The van der Waals surface area contributed by atoms with Crippen LogP contribution in [0.2, 0.25) is 0 Å². The van der Waals surface area contributed by atoms with Gasteiger partial charge in [-0.05, 0) is 0 Å². The van der Waals surface area contributed by atoms with Gasteiger partial charge in [0.1, 0.15) is 0 Å². The summed E-state index contributed by atoms with van der Waals surface area (Å²) in [7, 11) is 1.60. The Hall–Kier alpha value is -0.150. The van der Waals surface area contributed by atoms with Crippen molar-refractivity contribution in [3.05, 3.63) is 11.1 Å². The molecule has 2 nitrogen and oxygen atoms in total. The molecule has 0 atom stereocenters. The Kier molecular flexibility index (Phi) is 3.93. The molecule has 42 valence electrons. The summed E-state index contributed by atoms with van der Waals surface area (Å²) in [6.07, 6.45) is 1.41. The van der Waals surface area contributed by atoms with Gasteiger partial charge in [-0.15, -0.1) is 12.6 Å². The predicted molar refractivity (Wildman–Crippen MR) is 33.1 cm³/mol. The monoisotopic (exact) mass is 119 g/mol. The van der Waals surface area contributed by atoms with E-state index >= 15 is 0 Å². The number of thiol groups is 1. The third kappa shape index (κ3) is 3.69. The molecular formula is C4H9NOS. The fourth-order valence-corrected chi connectivity index (χ4v) is 0.325. The summed E-state index contributed by atoms with van der Waals surface area (Å²) in [4.78, 5) is 0.752. The van der Waals surface area contributed by atoms with Gasteiger partial charge in [-0.3, -0.25) is 0 Å². The van der Waals surface area contributed by atoms with Crippen LogP contribution in [-0.2, 0) is 4.74 Å². The van der Waals surface area contributed by atoms with E-state index in [1.165, 1.54) is 6.20 Å². The van der Waals surface area contributed by atoms with E-state index in [4.69, 9.17) is 5.73 Å². The van der Waals surface area contributed by atoms with Crippen molar-refractivity contribution in [2.24, 2.45) is 5.73 Å². The maximum Gasteiger partial charge on any atom is 0.0783 e. The summed E-state index contributed by atoms with van der Waals surface area (Å²) in [5, 5.41) is 0. The van der Waals surface area contributed by atoms with Crippen molar-refractivity contribution in [1.82, 2.24) is 0 Å². The van der Waals surface area contributed by atoms with Gasteiger partial charge in [-0.2, -0.15) is 0 Å². The molecule has 0 spiro atoms. The zero-order valence-electron chi connectivity index (χ0n) is 4.22. The molecule has 0 aromatic rings. The normalized spacial score (nSPS) is 12.0.